The fraction of sp³-hybridized carbons (Fsp3) is 0.320. The Balaban J connectivity index is 1.49. The molecule has 34 heavy (non-hydrogen) atoms. The van der Waals surface area contributed by atoms with Gasteiger partial charge in [-0.25, -0.2) is 9.07 Å². The molecule has 9 heteroatoms. The minimum atomic E-state index is -0.342. The molecule has 1 aliphatic rings. The molecule has 1 amide bonds. The van der Waals surface area contributed by atoms with E-state index < -0.39 is 0 Å². The number of benzene rings is 2. The number of nitriles is 1. The molecule has 0 unspecified atom stereocenters. The summed E-state index contributed by atoms with van der Waals surface area (Å²) in [6, 6.07) is 13.5. The second-order valence-corrected chi connectivity index (χ2v) is 8.24. The first-order valence-corrected chi connectivity index (χ1v) is 11.2. The van der Waals surface area contributed by atoms with E-state index in [0.29, 0.717) is 34.7 Å². The molecule has 1 fully saturated rings. The number of anilines is 2. The van der Waals surface area contributed by atoms with Crippen molar-refractivity contribution in [3.63, 3.8) is 0 Å². The third-order valence-electron chi connectivity index (χ3n) is 6.05. The number of β-amino-alcohol motifs (C(OH)–C–C–N with tert-alkyl or cyclic N) is 1. The number of nitrogens with one attached hydrogen (secondary N) is 1. The number of nitrogens with zero attached hydrogens (tertiary/aromatic N) is 5. The van der Waals surface area contributed by atoms with Gasteiger partial charge in [0.25, 0.3) is 5.91 Å². The molecule has 0 bridgehead atoms. The lowest BCUT2D eigenvalue weighted by atomic mass is 10.1. The Morgan fingerprint density at radius 3 is 2.71 bits per heavy atom. The van der Waals surface area contributed by atoms with Crippen LogP contribution >= 0.6 is 0 Å². The average Bonchev–Trinajstić information content (AvgIpc) is 3.07. The van der Waals surface area contributed by atoms with Crippen LogP contribution in [0.15, 0.2) is 48.7 Å². The van der Waals surface area contributed by atoms with Crippen LogP contribution in [0.4, 0.5) is 15.8 Å². The van der Waals surface area contributed by atoms with Crippen molar-refractivity contribution in [1.82, 2.24) is 14.7 Å². The molecule has 2 N–H and O–H groups in total. The van der Waals surface area contributed by atoms with E-state index in [1.807, 2.05) is 6.07 Å². The molecule has 0 aliphatic carbocycles. The molecule has 2 heterocycles. The average molecular weight is 463 g/mol. The first-order chi connectivity index (χ1) is 16.5. The largest absolute Gasteiger partial charge is 0.395 e. The van der Waals surface area contributed by atoms with Gasteiger partial charge in [-0.2, -0.15) is 10.4 Å². The van der Waals surface area contributed by atoms with Gasteiger partial charge in [0, 0.05) is 31.9 Å². The second kappa shape index (κ2) is 10.5. The Kier molecular flexibility index (Phi) is 7.21. The molecule has 0 radical (unpaired) electrons. The fourth-order valence-corrected chi connectivity index (χ4v) is 4.23. The van der Waals surface area contributed by atoms with Crippen molar-refractivity contribution < 1.29 is 14.3 Å². The summed E-state index contributed by atoms with van der Waals surface area (Å²) >= 11 is 0. The van der Waals surface area contributed by atoms with Crippen molar-refractivity contribution in [1.29, 1.82) is 5.26 Å². The van der Waals surface area contributed by atoms with E-state index in [2.05, 4.69) is 26.3 Å². The highest BCUT2D eigenvalue weighted by Crippen LogP contribution is 2.26. The number of halogens is 1. The van der Waals surface area contributed by atoms with Gasteiger partial charge in [0.05, 0.1) is 41.0 Å². The van der Waals surface area contributed by atoms with Gasteiger partial charge in [-0.3, -0.25) is 9.69 Å². The highest BCUT2D eigenvalue weighted by Gasteiger charge is 2.19. The molecule has 3 aromatic rings. The number of aliphatic hydroxyl groups is 1. The highest BCUT2D eigenvalue weighted by molar-refractivity contribution is 6.05. The van der Waals surface area contributed by atoms with Crippen molar-refractivity contribution in [3.05, 3.63) is 71.3 Å². The van der Waals surface area contributed by atoms with E-state index in [4.69, 9.17) is 0 Å². The number of carbonyl (C=O) groups excluding carboxylic acids is 1. The molecule has 8 nitrogen and oxygen atoms in total. The van der Waals surface area contributed by atoms with Gasteiger partial charge in [0.1, 0.15) is 11.9 Å². The first-order valence-electron chi connectivity index (χ1n) is 11.2. The van der Waals surface area contributed by atoms with E-state index in [1.165, 1.54) is 18.3 Å². The van der Waals surface area contributed by atoms with Crippen LogP contribution in [0, 0.1) is 24.1 Å². The SMILES string of the molecule is Cc1c(C(=O)Nc2ccc(N3CCCN(CCO)CC3)c(C#N)c2)cnn1-c1ccc(F)cc1. The van der Waals surface area contributed by atoms with Crippen LogP contribution in [0.5, 0.6) is 0 Å². The predicted octanol–water partition coefficient (Wildman–Crippen LogP) is 2.95. The minimum Gasteiger partial charge on any atom is -0.395 e. The van der Waals surface area contributed by atoms with Crippen molar-refractivity contribution >= 4 is 17.3 Å². The lowest BCUT2D eigenvalue weighted by Crippen LogP contribution is -2.32. The minimum absolute atomic E-state index is 0.139. The van der Waals surface area contributed by atoms with Gasteiger partial charge in [0.2, 0.25) is 0 Å². The summed E-state index contributed by atoms with van der Waals surface area (Å²) in [4.78, 5) is 17.3. The molecule has 0 atom stereocenters. The third kappa shape index (κ3) is 5.09. The van der Waals surface area contributed by atoms with Crippen LogP contribution in [0.25, 0.3) is 5.69 Å². The van der Waals surface area contributed by atoms with E-state index in [1.54, 1.807) is 35.9 Å². The summed E-state index contributed by atoms with van der Waals surface area (Å²) in [7, 11) is 0. The molecule has 0 saturated carbocycles. The molecule has 1 saturated heterocycles. The summed E-state index contributed by atoms with van der Waals surface area (Å²) < 4.78 is 14.8. The maximum atomic E-state index is 13.2. The van der Waals surface area contributed by atoms with E-state index in [-0.39, 0.29) is 18.3 Å². The van der Waals surface area contributed by atoms with E-state index >= 15 is 0 Å². The Bertz CT molecular complexity index is 1200. The molecule has 176 valence electrons. The van der Waals surface area contributed by atoms with Gasteiger partial charge in [-0.15, -0.1) is 0 Å². The van der Waals surface area contributed by atoms with Crippen LogP contribution in [0.2, 0.25) is 0 Å². The third-order valence-corrected chi connectivity index (χ3v) is 6.05. The van der Waals surface area contributed by atoms with Gasteiger partial charge < -0.3 is 15.3 Å². The summed E-state index contributed by atoms with van der Waals surface area (Å²) in [5.74, 6) is -0.678. The fourth-order valence-electron chi connectivity index (χ4n) is 4.23. The number of amides is 1. The number of rotatable bonds is 6. The lowest BCUT2D eigenvalue weighted by Gasteiger charge is -2.24. The summed E-state index contributed by atoms with van der Waals surface area (Å²) in [6.45, 7) is 5.89. The zero-order valence-electron chi connectivity index (χ0n) is 19.0. The summed E-state index contributed by atoms with van der Waals surface area (Å²) in [5, 5.41) is 26.1. The Morgan fingerprint density at radius 2 is 1.97 bits per heavy atom. The van der Waals surface area contributed by atoms with Gasteiger partial charge in [0.15, 0.2) is 0 Å². The normalized spacial score (nSPS) is 14.5. The zero-order chi connectivity index (χ0) is 24.1. The summed E-state index contributed by atoms with van der Waals surface area (Å²) in [5.41, 5.74) is 3.53. The Morgan fingerprint density at radius 1 is 1.18 bits per heavy atom. The first kappa shape index (κ1) is 23.4. The number of hydrogen-bond acceptors (Lipinski definition) is 6. The van der Waals surface area contributed by atoms with Crippen molar-refractivity contribution in [2.45, 2.75) is 13.3 Å². The zero-order valence-corrected chi connectivity index (χ0v) is 19.0. The molecule has 1 aromatic heterocycles. The number of aromatic nitrogens is 2. The van der Waals surface area contributed by atoms with Crippen LogP contribution in [-0.2, 0) is 0 Å². The number of hydrogen-bond donors (Lipinski definition) is 2. The second-order valence-electron chi connectivity index (χ2n) is 8.24. The maximum Gasteiger partial charge on any atom is 0.259 e. The quantitative estimate of drug-likeness (QED) is 0.585. The molecule has 0 spiro atoms. The molecule has 1 aliphatic heterocycles. The topological polar surface area (TPSA) is 97.4 Å². The standard InChI is InChI=1S/C25H27FN6O2/c1-18-23(17-28-32(18)22-6-3-20(26)4-7-22)25(34)29-21-5-8-24(19(15-21)16-27)31-10-2-9-30(11-12-31)13-14-33/h3-8,15,17,33H,2,9-14H2,1H3,(H,29,34). The van der Waals surface area contributed by atoms with Crippen molar-refractivity contribution in [2.75, 3.05) is 49.5 Å². The van der Waals surface area contributed by atoms with Crippen LogP contribution in [0.1, 0.15) is 28.0 Å². The maximum absolute atomic E-state index is 13.2. The van der Waals surface area contributed by atoms with Crippen molar-refractivity contribution in [3.8, 4) is 11.8 Å². The number of aliphatic hydroxyl groups excluding tert-OH is 1. The highest BCUT2D eigenvalue weighted by atomic mass is 19.1. The monoisotopic (exact) mass is 462 g/mol. The summed E-state index contributed by atoms with van der Waals surface area (Å²) in [6.07, 6.45) is 2.42. The predicted molar refractivity (Wildman–Crippen MR) is 128 cm³/mol. The Labute approximate surface area is 197 Å². The van der Waals surface area contributed by atoms with Crippen LogP contribution in [0.3, 0.4) is 0 Å². The number of carbonyl (C=O) groups is 1. The Hall–Kier alpha value is -3.74. The van der Waals surface area contributed by atoms with Crippen LogP contribution < -0.4 is 10.2 Å². The van der Waals surface area contributed by atoms with E-state index in [9.17, 15) is 19.6 Å². The smallest absolute Gasteiger partial charge is 0.259 e. The molecular formula is C25H27FN6O2. The van der Waals surface area contributed by atoms with Crippen molar-refractivity contribution in [2.24, 2.45) is 0 Å². The molecular weight excluding hydrogens is 435 g/mol. The molecule has 4 rings (SSSR count). The van der Waals surface area contributed by atoms with E-state index in [0.717, 1.165) is 38.3 Å². The van der Waals surface area contributed by atoms with Gasteiger partial charge >= 0.3 is 0 Å². The molecule has 2 aromatic carbocycles. The van der Waals surface area contributed by atoms with Gasteiger partial charge in [-0.1, -0.05) is 0 Å². The lowest BCUT2D eigenvalue weighted by molar-refractivity contribution is 0.102. The van der Waals surface area contributed by atoms with Crippen LogP contribution in [-0.4, -0.2) is 65.0 Å². The van der Waals surface area contributed by atoms with Gasteiger partial charge in [-0.05, 0) is 62.4 Å².